The molecule has 0 atom stereocenters. The summed E-state index contributed by atoms with van der Waals surface area (Å²) in [5, 5.41) is 7.85. The lowest BCUT2D eigenvalue weighted by Gasteiger charge is -2.00. The molecule has 1 aromatic heterocycles. The Hall–Kier alpha value is -1.88. The highest BCUT2D eigenvalue weighted by molar-refractivity contribution is 6.28. The molecule has 0 fully saturated rings. The first-order valence-corrected chi connectivity index (χ1v) is 5.38. The van der Waals surface area contributed by atoms with E-state index in [0.29, 0.717) is 12.2 Å². The summed E-state index contributed by atoms with van der Waals surface area (Å²) in [5.74, 6) is 0.648. The maximum Gasteiger partial charge on any atom is 0.225 e. The van der Waals surface area contributed by atoms with Gasteiger partial charge >= 0.3 is 0 Å². The van der Waals surface area contributed by atoms with Crippen LogP contribution in [0.3, 0.4) is 0 Å². The predicted octanol–water partition coefficient (Wildman–Crippen LogP) is 2.83. The highest BCUT2D eigenvalue weighted by atomic mass is 35.5. The Morgan fingerprint density at radius 1 is 1.18 bits per heavy atom. The van der Waals surface area contributed by atoms with E-state index in [9.17, 15) is 0 Å². The molecule has 0 unspecified atom stereocenters. The van der Waals surface area contributed by atoms with Crippen molar-refractivity contribution in [3.05, 3.63) is 47.3 Å². The number of halogens is 1. The van der Waals surface area contributed by atoms with Gasteiger partial charge in [-0.2, -0.15) is 10.2 Å². The number of nitrogens with zero attached hydrogens (tertiary/aromatic N) is 5. The molecular weight excluding hydrogens is 238 g/mol. The molecule has 2 rings (SSSR count). The minimum atomic E-state index is 0.214. The first-order valence-electron chi connectivity index (χ1n) is 5.00. The van der Waals surface area contributed by atoms with E-state index >= 15 is 0 Å². The van der Waals surface area contributed by atoms with Crippen LogP contribution in [0.5, 0.6) is 0 Å². The molecule has 0 radical (unpaired) electrons. The molecule has 0 saturated carbocycles. The van der Waals surface area contributed by atoms with Gasteiger partial charge in [-0.1, -0.05) is 12.1 Å². The molecule has 0 aliphatic rings. The zero-order valence-corrected chi connectivity index (χ0v) is 9.96. The lowest BCUT2D eigenvalue weighted by atomic mass is 10.1. The third-order valence-corrected chi connectivity index (χ3v) is 2.29. The topological polar surface area (TPSA) is 63.4 Å². The normalized spacial score (nSPS) is 10.9. The molecule has 0 aliphatic heterocycles. The molecule has 6 heteroatoms. The molecule has 0 aliphatic carbocycles. The zero-order valence-electron chi connectivity index (χ0n) is 9.21. The number of rotatable bonds is 3. The van der Waals surface area contributed by atoms with Gasteiger partial charge in [0, 0.05) is 13.5 Å². The number of hydrogen-bond donors (Lipinski definition) is 0. The van der Waals surface area contributed by atoms with Gasteiger partial charge in [0.05, 0.1) is 5.69 Å². The summed E-state index contributed by atoms with van der Waals surface area (Å²) in [7, 11) is 1.64. The Labute approximate surface area is 104 Å². The Morgan fingerprint density at radius 3 is 2.59 bits per heavy atom. The number of benzene rings is 1. The van der Waals surface area contributed by atoms with Crippen molar-refractivity contribution < 1.29 is 0 Å². The van der Waals surface area contributed by atoms with Crippen LogP contribution < -0.4 is 0 Å². The summed E-state index contributed by atoms with van der Waals surface area (Å²) in [6.07, 6.45) is 2.02. The molecule has 0 bridgehead atoms. The van der Waals surface area contributed by atoms with Crippen LogP contribution in [-0.4, -0.2) is 22.0 Å². The van der Waals surface area contributed by atoms with Gasteiger partial charge in [0.1, 0.15) is 12.2 Å². The van der Waals surface area contributed by atoms with Crippen molar-refractivity contribution in [1.29, 1.82) is 0 Å². The van der Waals surface area contributed by atoms with Gasteiger partial charge in [0.15, 0.2) is 0 Å². The van der Waals surface area contributed by atoms with E-state index in [-0.39, 0.29) is 5.28 Å². The van der Waals surface area contributed by atoms with Crippen molar-refractivity contribution in [1.82, 2.24) is 15.0 Å². The second-order valence-corrected chi connectivity index (χ2v) is 3.65. The van der Waals surface area contributed by atoms with E-state index in [0.717, 1.165) is 11.3 Å². The Morgan fingerprint density at radius 2 is 1.94 bits per heavy atom. The largest absolute Gasteiger partial charge is 0.225 e. The number of hydrogen-bond acceptors (Lipinski definition) is 5. The van der Waals surface area contributed by atoms with Crippen LogP contribution in [-0.2, 0) is 6.42 Å². The molecule has 1 aromatic carbocycles. The van der Waals surface area contributed by atoms with Gasteiger partial charge < -0.3 is 0 Å². The fourth-order valence-corrected chi connectivity index (χ4v) is 1.51. The molecule has 0 saturated heterocycles. The third kappa shape index (κ3) is 3.29. The van der Waals surface area contributed by atoms with Gasteiger partial charge in [0.25, 0.3) is 0 Å². The Bertz CT molecular complexity index is 524. The second kappa shape index (κ2) is 5.45. The van der Waals surface area contributed by atoms with Crippen molar-refractivity contribution >= 4 is 17.3 Å². The smallest absolute Gasteiger partial charge is 0.221 e. The maximum atomic E-state index is 5.69. The van der Waals surface area contributed by atoms with Gasteiger partial charge in [-0.15, -0.1) is 0 Å². The first kappa shape index (κ1) is 11.6. The first-order chi connectivity index (χ1) is 8.28. The average Bonchev–Trinajstić information content (AvgIpc) is 2.32. The van der Waals surface area contributed by atoms with Gasteiger partial charge in [-0.05, 0) is 29.3 Å². The summed E-state index contributed by atoms with van der Waals surface area (Å²) in [6.45, 7) is 0. The molecule has 0 spiro atoms. The highest BCUT2D eigenvalue weighted by Gasteiger charge is 2.01. The molecule has 86 valence electrons. The fraction of sp³-hybridized carbons (Fsp3) is 0.182. The maximum absolute atomic E-state index is 5.69. The van der Waals surface area contributed by atoms with E-state index < -0.39 is 0 Å². The Balaban J connectivity index is 2.13. The molecule has 0 N–H and O–H groups in total. The summed E-state index contributed by atoms with van der Waals surface area (Å²) < 4.78 is 0. The van der Waals surface area contributed by atoms with Crippen molar-refractivity contribution in [3.63, 3.8) is 0 Å². The molecule has 5 nitrogen and oxygen atoms in total. The van der Waals surface area contributed by atoms with Crippen molar-refractivity contribution in [2.45, 2.75) is 6.42 Å². The summed E-state index contributed by atoms with van der Waals surface area (Å²) in [6, 6.07) is 7.71. The fourth-order valence-electron chi connectivity index (χ4n) is 1.37. The molecule has 17 heavy (non-hydrogen) atoms. The van der Waals surface area contributed by atoms with E-state index in [4.69, 9.17) is 11.6 Å². The summed E-state index contributed by atoms with van der Waals surface area (Å²) in [5.41, 5.74) is 1.91. The predicted molar refractivity (Wildman–Crippen MR) is 64.5 cm³/mol. The van der Waals surface area contributed by atoms with E-state index in [1.807, 2.05) is 24.3 Å². The SMILES string of the molecule is CN=Nc1ccc(Cc2ncnc(Cl)n2)cc1. The number of aromatic nitrogens is 3. The molecule has 2 aromatic rings. The second-order valence-electron chi connectivity index (χ2n) is 3.31. The van der Waals surface area contributed by atoms with Crippen molar-refractivity contribution in [2.75, 3.05) is 7.05 Å². The summed E-state index contributed by atoms with van der Waals surface area (Å²) in [4.78, 5) is 11.8. The highest BCUT2D eigenvalue weighted by Crippen LogP contribution is 2.14. The summed E-state index contributed by atoms with van der Waals surface area (Å²) >= 11 is 5.69. The van der Waals surface area contributed by atoms with Crippen molar-refractivity contribution in [2.24, 2.45) is 10.2 Å². The van der Waals surface area contributed by atoms with E-state index in [1.54, 1.807) is 7.05 Å². The van der Waals surface area contributed by atoms with Crippen LogP contribution in [0.4, 0.5) is 5.69 Å². The van der Waals surface area contributed by atoms with E-state index in [1.165, 1.54) is 6.33 Å². The molecule has 0 amide bonds. The van der Waals surface area contributed by atoms with Crippen LogP contribution in [0, 0.1) is 0 Å². The van der Waals surface area contributed by atoms with Crippen LogP contribution in [0.1, 0.15) is 11.4 Å². The number of azo groups is 1. The minimum absolute atomic E-state index is 0.214. The Kier molecular flexibility index (Phi) is 3.72. The molecule has 1 heterocycles. The monoisotopic (exact) mass is 247 g/mol. The molecular formula is C11H10ClN5. The lowest BCUT2D eigenvalue weighted by molar-refractivity contribution is 0.918. The minimum Gasteiger partial charge on any atom is -0.221 e. The van der Waals surface area contributed by atoms with Gasteiger partial charge in [0.2, 0.25) is 5.28 Å². The van der Waals surface area contributed by atoms with Crippen LogP contribution >= 0.6 is 11.6 Å². The van der Waals surface area contributed by atoms with Crippen LogP contribution in [0.2, 0.25) is 5.28 Å². The lowest BCUT2D eigenvalue weighted by Crippen LogP contribution is -1.97. The average molecular weight is 248 g/mol. The third-order valence-electron chi connectivity index (χ3n) is 2.11. The quantitative estimate of drug-likeness (QED) is 0.784. The zero-order chi connectivity index (χ0) is 12.1. The van der Waals surface area contributed by atoms with Gasteiger partial charge in [-0.3, -0.25) is 0 Å². The van der Waals surface area contributed by atoms with Crippen LogP contribution in [0.25, 0.3) is 0 Å². The van der Waals surface area contributed by atoms with Crippen LogP contribution in [0.15, 0.2) is 40.8 Å². The van der Waals surface area contributed by atoms with Crippen molar-refractivity contribution in [3.8, 4) is 0 Å². The van der Waals surface area contributed by atoms with E-state index in [2.05, 4.69) is 25.2 Å². The van der Waals surface area contributed by atoms with Gasteiger partial charge in [-0.25, -0.2) is 15.0 Å². The standard InChI is InChI=1S/C11H10ClN5/c1-13-17-9-4-2-8(3-5-9)6-10-14-7-15-11(12)16-10/h2-5,7H,6H2,1H3.